The van der Waals surface area contributed by atoms with Gasteiger partial charge in [0.2, 0.25) is 5.91 Å². The van der Waals surface area contributed by atoms with Gasteiger partial charge in [-0.1, -0.05) is 24.3 Å². The number of carbonyl (C=O) groups excluding carboxylic acids is 1. The van der Waals surface area contributed by atoms with Gasteiger partial charge >= 0.3 is 12.4 Å². The molecule has 0 saturated heterocycles. The number of amides is 1. The second-order valence-corrected chi connectivity index (χ2v) is 6.58. The Balaban J connectivity index is 2.17. The number of rotatable bonds is 3. The van der Waals surface area contributed by atoms with Gasteiger partial charge < -0.3 is 10.4 Å². The molecule has 2 rings (SSSR count). The zero-order valence-electron chi connectivity index (χ0n) is 13.9. The van der Waals surface area contributed by atoms with Gasteiger partial charge in [0.1, 0.15) is 0 Å². The molecule has 0 radical (unpaired) electrons. The van der Waals surface area contributed by atoms with Crippen molar-refractivity contribution in [3.63, 3.8) is 0 Å². The van der Waals surface area contributed by atoms with Crippen LogP contribution in [0.3, 0.4) is 0 Å². The van der Waals surface area contributed by atoms with Crippen molar-refractivity contribution in [1.29, 1.82) is 0 Å². The molecular formula is C17H19F6NO2. The monoisotopic (exact) mass is 383 g/mol. The average molecular weight is 383 g/mol. The molecule has 9 heteroatoms. The Labute approximate surface area is 146 Å². The SMILES string of the molecule is CC(=O)NC1CCC(c2ccc(C(O)(C(F)(F)F)C(F)(F)F)cc2)CC1. The van der Waals surface area contributed by atoms with Gasteiger partial charge in [-0.05, 0) is 37.2 Å². The number of alkyl halides is 6. The van der Waals surface area contributed by atoms with E-state index in [1.54, 1.807) is 0 Å². The van der Waals surface area contributed by atoms with E-state index < -0.39 is 23.5 Å². The van der Waals surface area contributed by atoms with Gasteiger partial charge in [0.25, 0.3) is 5.60 Å². The van der Waals surface area contributed by atoms with Crippen molar-refractivity contribution in [2.45, 2.75) is 62.5 Å². The van der Waals surface area contributed by atoms with Crippen molar-refractivity contribution >= 4 is 5.91 Å². The summed E-state index contributed by atoms with van der Waals surface area (Å²) in [5, 5.41) is 12.2. The number of aliphatic hydroxyl groups is 1. The number of hydrogen-bond donors (Lipinski definition) is 2. The number of hydrogen-bond acceptors (Lipinski definition) is 2. The molecule has 1 amide bonds. The first-order chi connectivity index (χ1) is 11.9. The number of halogens is 6. The molecule has 2 N–H and O–H groups in total. The van der Waals surface area contributed by atoms with Crippen LogP contribution in [0, 0.1) is 0 Å². The summed E-state index contributed by atoms with van der Waals surface area (Å²) in [5.74, 6) is -0.157. The Morgan fingerprint density at radius 2 is 1.42 bits per heavy atom. The molecule has 1 aliphatic rings. The largest absolute Gasteiger partial charge is 0.430 e. The van der Waals surface area contributed by atoms with E-state index in [1.165, 1.54) is 19.1 Å². The van der Waals surface area contributed by atoms with Gasteiger partial charge in [0.05, 0.1) is 0 Å². The van der Waals surface area contributed by atoms with Crippen molar-refractivity contribution in [3.8, 4) is 0 Å². The first-order valence-electron chi connectivity index (χ1n) is 8.09. The number of nitrogens with one attached hydrogen (secondary N) is 1. The highest BCUT2D eigenvalue weighted by atomic mass is 19.4. The fourth-order valence-corrected chi connectivity index (χ4v) is 3.34. The fourth-order valence-electron chi connectivity index (χ4n) is 3.34. The highest BCUT2D eigenvalue weighted by Crippen LogP contribution is 2.50. The quantitative estimate of drug-likeness (QED) is 0.770. The van der Waals surface area contributed by atoms with Crippen LogP contribution < -0.4 is 5.32 Å². The van der Waals surface area contributed by atoms with E-state index in [2.05, 4.69) is 5.32 Å². The summed E-state index contributed by atoms with van der Waals surface area (Å²) in [6.07, 6.45) is -9.09. The molecule has 1 aliphatic carbocycles. The molecule has 1 fully saturated rings. The minimum absolute atomic E-state index is 0.0149. The van der Waals surface area contributed by atoms with Crippen LogP contribution in [0.25, 0.3) is 0 Å². The first-order valence-corrected chi connectivity index (χ1v) is 8.09. The van der Waals surface area contributed by atoms with Crippen molar-refractivity contribution in [3.05, 3.63) is 35.4 Å². The minimum Gasteiger partial charge on any atom is -0.369 e. The van der Waals surface area contributed by atoms with Crippen LogP contribution in [0.4, 0.5) is 26.3 Å². The van der Waals surface area contributed by atoms with Gasteiger partial charge in [-0.2, -0.15) is 26.3 Å². The van der Waals surface area contributed by atoms with E-state index in [0.717, 1.165) is 0 Å². The summed E-state index contributed by atoms with van der Waals surface area (Å²) in [4.78, 5) is 11.0. The predicted octanol–water partition coefficient (Wildman–Crippen LogP) is 4.16. The van der Waals surface area contributed by atoms with E-state index in [1.807, 2.05) is 0 Å². The van der Waals surface area contributed by atoms with Crippen LogP contribution in [0.2, 0.25) is 0 Å². The van der Waals surface area contributed by atoms with Crippen molar-refractivity contribution in [1.82, 2.24) is 5.32 Å². The molecule has 1 aromatic rings. The predicted molar refractivity (Wildman–Crippen MR) is 81.3 cm³/mol. The van der Waals surface area contributed by atoms with Crippen molar-refractivity contribution in [2.24, 2.45) is 0 Å². The van der Waals surface area contributed by atoms with E-state index >= 15 is 0 Å². The molecule has 0 atom stereocenters. The van der Waals surface area contributed by atoms with Gasteiger partial charge in [0, 0.05) is 18.5 Å². The molecule has 0 unspecified atom stereocenters. The second kappa shape index (κ2) is 7.09. The maximum absolute atomic E-state index is 12.9. The lowest BCUT2D eigenvalue weighted by molar-refractivity contribution is -0.376. The molecule has 1 aromatic carbocycles. The molecule has 3 nitrogen and oxygen atoms in total. The summed E-state index contributed by atoms with van der Waals surface area (Å²) in [5.41, 5.74) is -5.54. The third kappa shape index (κ3) is 3.97. The van der Waals surface area contributed by atoms with Crippen LogP contribution in [0.5, 0.6) is 0 Å². The van der Waals surface area contributed by atoms with Crippen molar-refractivity contribution < 1.29 is 36.2 Å². The molecule has 1 saturated carbocycles. The normalized spacial score (nSPS) is 22.2. The zero-order valence-corrected chi connectivity index (χ0v) is 13.9. The average Bonchev–Trinajstić information content (AvgIpc) is 2.52. The molecule has 0 bridgehead atoms. The zero-order chi connectivity index (χ0) is 19.8. The summed E-state index contributed by atoms with van der Waals surface area (Å²) < 4.78 is 77.3. The lowest BCUT2D eigenvalue weighted by atomic mass is 9.80. The Bertz CT molecular complexity index is 616. The Morgan fingerprint density at radius 1 is 0.962 bits per heavy atom. The van der Waals surface area contributed by atoms with Crippen LogP contribution in [-0.4, -0.2) is 29.4 Å². The van der Waals surface area contributed by atoms with E-state index in [9.17, 15) is 36.2 Å². The van der Waals surface area contributed by atoms with Crippen LogP contribution in [-0.2, 0) is 10.4 Å². The molecule has 0 aromatic heterocycles. The van der Waals surface area contributed by atoms with Crippen LogP contribution >= 0.6 is 0 Å². The van der Waals surface area contributed by atoms with Gasteiger partial charge in [-0.25, -0.2) is 0 Å². The highest BCUT2D eigenvalue weighted by molar-refractivity contribution is 5.73. The summed E-state index contributed by atoms with van der Waals surface area (Å²) >= 11 is 0. The maximum Gasteiger partial charge on any atom is 0.430 e. The maximum atomic E-state index is 12.9. The number of carbonyl (C=O) groups is 1. The lowest BCUT2D eigenvalue weighted by Crippen LogP contribution is -2.53. The third-order valence-electron chi connectivity index (χ3n) is 4.75. The van der Waals surface area contributed by atoms with E-state index in [4.69, 9.17) is 0 Å². The van der Waals surface area contributed by atoms with E-state index in [0.29, 0.717) is 43.4 Å². The minimum atomic E-state index is -5.89. The number of benzene rings is 1. The Kier molecular flexibility index (Phi) is 5.60. The molecule has 0 spiro atoms. The molecule has 26 heavy (non-hydrogen) atoms. The summed E-state index contributed by atoms with van der Waals surface area (Å²) in [7, 11) is 0. The van der Waals surface area contributed by atoms with Crippen LogP contribution in [0.1, 0.15) is 49.7 Å². The summed E-state index contributed by atoms with van der Waals surface area (Å²) in [6.45, 7) is 1.41. The van der Waals surface area contributed by atoms with E-state index in [-0.39, 0.29) is 17.9 Å². The highest BCUT2D eigenvalue weighted by Gasteiger charge is 2.71. The Hall–Kier alpha value is -1.77. The second-order valence-electron chi connectivity index (χ2n) is 6.58. The topological polar surface area (TPSA) is 49.3 Å². The molecule has 0 aliphatic heterocycles. The standard InChI is InChI=1S/C17H19F6NO2/c1-10(25)24-14-8-4-12(5-9-14)11-2-6-13(7-3-11)15(26,16(18,19)20)17(21,22)23/h2-3,6-7,12,14,26H,4-5,8-9H2,1H3,(H,24,25). The molecular weight excluding hydrogens is 364 g/mol. The molecule has 146 valence electrons. The lowest BCUT2D eigenvalue weighted by Gasteiger charge is -2.33. The smallest absolute Gasteiger partial charge is 0.369 e. The third-order valence-corrected chi connectivity index (χ3v) is 4.75. The van der Waals surface area contributed by atoms with Gasteiger partial charge in [-0.3, -0.25) is 4.79 Å². The first kappa shape index (κ1) is 20.5. The summed E-state index contributed by atoms with van der Waals surface area (Å²) in [6, 6.07) is 3.78. The van der Waals surface area contributed by atoms with Crippen LogP contribution in [0.15, 0.2) is 24.3 Å². The van der Waals surface area contributed by atoms with Gasteiger partial charge in [0.15, 0.2) is 0 Å². The fraction of sp³-hybridized carbons (Fsp3) is 0.588. The Morgan fingerprint density at radius 3 is 1.81 bits per heavy atom. The van der Waals surface area contributed by atoms with Crippen molar-refractivity contribution in [2.75, 3.05) is 0 Å². The molecule has 0 heterocycles. The van der Waals surface area contributed by atoms with Gasteiger partial charge in [-0.15, -0.1) is 0 Å².